The second-order valence-corrected chi connectivity index (χ2v) is 4.04. The molecule has 0 bridgehead atoms. The van der Waals surface area contributed by atoms with Gasteiger partial charge in [0.25, 0.3) is 5.91 Å². The van der Waals surface area contributed by atoms with E-state index in [4.69, 9.17) is 10.5 Å². The summed E-state index contributed by atoms with van der Waals surface area (Å²) in [6.07, 6.45) is 1.47. The number of methoxy groups -OCH3 is 1. The summed E-state index contributed by atoms with van der Waals surface area (Å²) >= 11 is 4.57. The molecule has 0 atom stereocenters. The van der Waals surface area contributed by atoms with E-state index in [2.05, 4.69) is 24.1 Å². The number of hydrogen-bond donors (Lipinski definition) is 3. The van der Waals surface area contributed by atoms with Crippen LogP contribution in [-0.2, 0) is 4.79 Å². The molecule has 6 heteroatoms. The van der Waals surface area contributed by atoms with Crippen LogP contribution in [0.1, 0.15) is 5.56 Å². The highest BCUT2D eigenvalue weighted by atomic mass is 32.1. The second-order valence-electron chi connectivity index (χ2n) is 3.60. The number of aliphatic hydroxyl groups is 1. The fourth-order valence-corrected chi connectivity index (χ4v) is 1.42. The average Bonchev–Trinajstić information content (AvgIpc) is 2.35. The molecule has 0 saturated carbocycles. The van der Waals surface area contributed by atoms with Crippen molar-refractivity contribution in [1.29, 1.82) is 0 Å². The van der Waals surface area contributed by atoms with E-state index in [0.29, 0.717) is 11.3 Å². The Hall–Kier alpha value is -2.34. The highest BCUT2D eigenvalue weighted by Gasteiger charge is 2.13. The Kier molecular flexibility index (Phi) is 5.08. The summed E-state index contributed by atoms with van der Waals surface area (Å²) in [7, 11) is 1.56. The van der Waals surface area contributed by atoms with Crippen LogP contribution in [0.5, 0.6) is 5.75 Å². The fraction of sp³-hybridized carbons (Fsp3) is 0.0769. The first kappa shape index (κ1) is 14.7. The van der Waals surface area contributed by atoms with Gasteiger partial charge >= 0.3 is 0 Å². The molecule has 0 fully saturated rings. The van der Waals surface area contributed by atoms with Crippen LogP contribution in [0, 0.1) is 0 Å². The molecule has 0 aliphatic heterocycles. The van der Waals surface area contributed by atoms with Crippen LogP contribution in [0.3, 0.4) is 0 Å². The van der Waals surface area contributed by atoms with Gasteiger partial charge in [-0.1, -0.05) is 18.7 Å². The Morgan fingerprint density at radius 3 is 2.47 bits per heavy atom. The highest BCUT2D eigenvalue weighted by Crippen LogP contribution is 2.16. The van der Waals surface area contributed by atoms with Crippen LogP contribution in [0.4, 0.5) is 0 Å². The highest BCUT2D eigenvalue weighted by molar-refractivity contribution is 7.80. The molecule has 0 unspecified atom stereocenters. The Bertz CT molecular complexity index is 535. The number of hydrogen-bond acceptors (Lipinski definition) is 4. The molecule has 1 aromatic rings. The van der Waals surface area contributed by atoms with Crippen molar-refractivity contribution in [2.45, 2.75) is 0 Å². The van der Waals surface area contributed by atoms with Gasteiger partial charge in [0, 0.05) is 0 Å². The number of thiocarbonyl (C=S) groups is 1. The Labute approximate surface area is 116 Å². The number of amides is 1. The molecular formula is C13H14N2O3S. The minimum absolute atomic E-state index is 0.0158. The van der Waals surface area contributed by atoms with Gasteiger partial charge < -0.3 is 15.6 Å². The molecule has 0 saturated heterocycles. The zero-order chi connectivity index (χ0) is 14.4. The molecule has 1 amide bonds. The maximum absolute atomic E-state index is 11.7. The first-order valence-corrected chi connectivity index (χ1v) is 5.69. The van der Waals surface area contributed by atoms with Gasteiger partial charge in [0.1, 0.15) is 11.5 Å². The first-order valence-electron chi connectivity index (χ1n) is 5.29. The molecule has 0 heterocycles. The molecule has 0 aromatic heterocycles. The number of rotatable bonds is 4. The molecular weight excluding hydrogens is 264 g/mol. The molecule has 5 nitrogen and oxygen atoms in total. The van der Waals surface area contributed by atoms with Crippen LogP contribution in [0.15, 0.2) is 42.2 Å². The van der Waals surface area contributed by atoms with Crippen LogP contribution < -0.4 is 15.8 Å². The van der Waals surface area contributed by atoms with Gasteiger partial charge in [-0.3, -0.25) is 10.1 Å². The third-order valence-electron chi connectivity index (χ3n) is 2.22. The lowest BCUT2D eigenvalue weighted by atomic mass is 10.1. The van der Waals surface area contributed by atoms with E-state index in [-0.39, 0.29) is 16.4 Å². The lowest BCUT2D eigenvalue weighted by molar-refractivity contribution is -0.116. The quantitative estimate of drug-likeness (QED) is 0.336. The molecule has 1 aromatic carbocycles. The largest absolute Gasteiger partial charge is 0.508 e. The molecule has 0 radical (unpaired) electrons. The normalized spacial score (nSPS) is 10.7. The zero-order valence-electron chi connectivity index (χ0n) is 10.3. The maximum atomic E-state index is 11.7. The molecule has 1 rings (SSSR count). The average molecular weight is 278 g/mol. The van der Waals surface area contributed by atoms with E-state index in [1.165, 1.54) is 6.08 Å². The van der Waals surface area contributed by atoms with Crippen molar-refractivity contribution in [2.24, 2.45) is 5.73 Å². The SMILES string of the molecule is C=C(O)/C(=C\c1ccc(OC)cc1)C(=O)NC(N)=S. The third-order valence-corrected chi connectivity index (χ3v) is 2.32. The van der Waals surface area contributed by atoms with E-state index in [9.17, 15) is 9.90 Å². The zero-order valence-corrected chi connectivity index (χ0v) is 11.2. The van der Waals surface area contributed by atoms with Crippen LogP contribution >= 0.6 is 12.2 Å². The standard InChI is InChI=1S/C13H14N2O3S/c1-8(16)11(12(17)15-13(14)19)7-9-3-5-10(18-2)6-4-9/h3-7,16H,1H2,2H3,(H3,14,15,17,19)/b11-7+. The summed E-state index contributed by atoms with van der Waals surface area (Å²) in [4.78, 5) is 11.7. The molecule has 100 valence electrons. The van der Waals surface area contributed by atoms with E-state index in [1.54, 1.807) is 31.4 Å². The Morgan fingerprint density at radius 1 is 1.47 bits per heavy atom. The van der Waals surface area contributed by atoms with Gasteiger partial charge in [-0.2, -0.15) is 0 Å². The topological polar surface area (TPSA) is 84.6 Å². The Balaban J connectivity index is 3.03. The van der Waals surface area contributed by atoms with E-state index in [1.807, 2.05) is 0 Å². The van der Waals surface area contributed by atoms with E-state index < -0.39 is 5.91 Å². The third kappa shape index (κ3) is 4.44. The van der Waals surface area contributed by atoms with Crippen molar-refractivity contribution in [2.75, 3.05) is 7.11 Å². The van der Waals surface area contributed by atoms with Crippen molar-refractivity contribution >= 4 is 29.3 Å². The minimum Gasteiger partial charge on any atom is -0.508 e. The summed E-state index contributed by atoms with van der Waals surface area (Å²) in [5.41, 5.74) is 5.89. The van der Waals surface area contributed by atoms with Gasteiger partial charge in [0.15, 0.2) is 5.11 Å². The number of benzene rings is 1. The number of ether oxygens (including phenoxy) is 1. The van der Waals surface area contributed by atoms with Crippen LogP contribution in [0.25, 0.3) is 6.08 Å². The minimum atomic E-state index is -0.615. The van der Waals surface area contributed by atoms with Crippen molar-refractivity contribution in [3.8, 4) is 5.75 Å². The van der Waals surface area contributed by atoms with Gasteiger partial charge in [0.05, 0.1) is 12.7 Å². The monoisotopic (exact) mass is 278 g/mol. The maximum Gasteiger partial charge on any atom is 0.261 e. The lowest BCUT2D eigenvalue weighted by Gasteiger charge is -2.06. The number of nitrogens with one attached hydrogen (secondary N) is 1. The van der Waals surface area contributed by atoms with Gasteiger partial charge in [0.2, 0.25) is 0 Å². The smallest absolute Gasteiger partial charge is 0.261 e. The molecule has 0 aliphatic carbocycles. The predicted octanol–water partition coefficient (Wildman–Crippen LogP) is 1.51. The van der Waals surface area contributed by atoms with Gasteiger partial charge in [-0.05, 0) is 36.0 Å². The molecule has 0 spiro atoms. The summed E-state index contributed by atoms with van der Waals surface area (Å²) < 4.78 is 5.02. The summed E-state index contributed by atoms with van der Waals surface area (Å²) in [5, 5.41) is 11.5. The summed E-state index contributed by atoms with van der Waals surface area (Å²) in [5.74, 6) is -0.297. The first-order chi connectivity index (χ1) is 8.93. The molecule has 0 aliphatic rings. The summed E-state index contributed by atoms with van der Waals surface area (Å²) in [6, 6.07) is 6.93. The van der Waals surface area contributed by atoms with Crippen molar-refractivity contribution < 1.29 is 14.6 Å². The van der Waals surface area contributed by atoms with Gasteiger partial charge in [-0.15, -0.1) is 0 Å². The van der Waals surface area contributed by atoms with Crippen molar-refractivity contribution in [3.63, 3.8) is 0 Å². The van der Waals surface area contributed by atoms with Crippen LogP contribution in [0.2, 0.25) is 0 Å². The predicted molar refractivity (Wildman–Crippen MR) is 77.7 cm³/mol. The number of aliphatic hydroxyl groups excluding tert-OH is 1. The van der Waals surface area contributed by atoms with Crippen molar-refractivity contribution in [3.05, 3.63) is 47.7 Å². The lowest BCUT2D eigenvalue weighted by Crippen LogP contribution is -2.35. The van der Waals surface area contributed by atoms with E-state index in [0.717, 1.165) is 0 Å². The van der Waals surface area contributed by atoms with Gasteiger partial charge in [-0.25, -0.2) is 0 Å². The van der Waals surface area contributed by atoms with Crippen LogP contribution in [-0.4, -0.2) is 23.2 Å². The fourth-order valence-electron chi connectivity index (χ4n) is 1.33. The number of carbonyl (C=O) groups excluding carboxylic acids is 1. The Morgan fingerprint density at radius 2 is 2.05 bits per heavy atom. The molecule has 19 heavy (non-hydrogen) atoms. The second kappa shape index (κ2) is 6.55. The molecule has 4 N–H and O–H groups in total. The summed E-state index contributed by atoms with van der Waals surface area (Å²) in [6.45, 7) is 3.33. The number of carbonyl (C=O) groups is 1. The van der Waals surface area contributed by atoms with E-state index >= 15 is 0 Å². The number of nitrogens with two attached hydrogens (primary N) is 1. The van der Waals surface area contributed by atoms with Crippen molar-refractivity contribution in [1.82, 2.24) is 5.32 Å².